The van der Waals surface area contributed by atoms with Crippen molar-refractivity contribution >= 4 is 23.9 Å². The van der Waals surface area contributed by atoms with Gasteiger partial charge in [0.05, 0.1) is 0 Å². The van der Waals surface area contributed by atoms with E-state index in [1.807, 2.05) is 0 Å². The smallest absolute Gasteiger partial charge is 0.131 e. The quantitative estimate of drug-likeness (QED) is 0.858. The van der Waals surface area contributed by atoms with Crippen LogP contribution >= 0.6 is 12.4 Å². The highest BCUT2D eigenvalue weighted by atomic mass is 35.5. The van der Waals surface area contributed by atoms with Crippen LogP contribution in [0, 0.1) is 6.92 Å². The summed E-state index contributed by atoms with van der Waals surface area (Å²) in [6.07, 6.45) is 3.13. The number of rotatable bonds is 3. The van der Waals surface area contributed by atoms with Gasteiger partial charge in [0, 0.05) is 44.3 Å². The molecule has 21 heavy (non-hydrogen) atoms. The molecule has 1 aromatic carbocycles. The maximum atomic E-state index is 11.1. The molecule has 1 saturated heterocycles. The molecular weight excluding hydrogens is 284 g/mol. The number of carbonyl (C=O) groups excluding carboxylic acids is 1. The fraction of sp³-hybridized carbons (Fsp3) is 0.588. The lowest BCUT2D eigenvalue weighted by molar-refractivity contribution is -0.117. The molecule has 0 bridgehead atoms. The number of hydrogen-bond donors (Lipinski definition) is 0. The van der Waals surface area contributed by atoms with Gasteiger partial charge in [-0.2, -0.15) is 0 Å². The number of nitrogens with zero attached hydrogens (tertiary/aromatic N) is 2. The maximum absolute atomic E-state index is 11.1. The van der Waals surface area contributed by atoms with Gasteiger partial charge in [-0.05, 0) is 38.3 Å². The molecule has 2 heterocycles. The first-order valence-corrected chi connectivity index (χ1v) is 7.71. The number of hydrogen-bond acceptors (Lipinski definition) is 3. The molecule has 0 saturated carbocycles. The lowest BCUT2D eigenvalue weighted by atomic mass is 9.92. The van der Waals surface area contributed by atoms with E-state index in [2.05, 4.69) is 34.9 Å². The van der Waals surface area contributed by atoms with E-state index in [-0.39, 0.29) is 12.4 Å². The first-order valence-electron chi connectivity index (χ1n) is 7.71. The molecule has 1 fully saturated rings. The molecule has 116 valence electrons. The molecule has 3 rings (SSSR count). The number of halogens is 1. The van der Waals surface area contributed by atoms with E-state index in [0.717, 1.165) is 26.2 Å². The van der Waals surface area contributed by atoms with Crippen LogP contribution in [0.4, 0.5) is 5.69 Å². The molecule has 1 unspecified atom stereocenters. The normalized spacial score (nSPS) is 21.2. The summed E-state index contributed by atoms with van der Waals surface area (Å²) in [4.78, 5) is 16.2. The van der Waals surface area contributed by atoms with Crippen LogP contribution in [-0.2, 0) is 11.2 Å². The summed E-state index contributed by atoms with van der Waals surface area (Å²) in [5.74, 6) is 0.303. The van der Waals surface area contributed by atoms with Crippen LogP contribution in [0.2, 0.25) is 0 Å². The Morgan fingerprint density at radius 1 is 1.33 bits per heavy atom. The van der Waals surface area contributed by atoms with Crippen LogP contribution < -0.4 is 4.90 Å². The van der Waals surface area contributed by atoms with Gasteiger partial charge in [-0.3, -0.25) is 9.69 Å². The standard InChI is InChI=1S/C17H24N2O.ClH/c1-13-3-6-17-15(11-13)4-5-16-12-18(8-7-14(2)20)9-10-19(16)17;/h3,6,11,16H,4-5,7-10,12H2,1-2H3;1H. The zero-order chi connectivity index (χ0) is 14.1. The Morgan fingerprint density at radius 3 is 2.90 bits per heavy atom. The number of carbonyl (C=O) groups is 1. The third-order valence-corrected chi connectivity index (χ3v) is 4.64. The number of fused-ring (bicyclic) bond motifs is 3. The molecule has 0 amide bonds. The van der Waals surface area contributed by atoms with Crippen molar-refractivity contribution in [2.75, 3.05) is 31.1 Å². The Hall–Kier alpha value is -1.06. The summed E-state index contributed by atoms with van der Waals surface area (Å²) in [5, 5.41) is 0. The van der Waals surface area contributed by atoms with E-state index in [1.54, 1.807) is 6.92 Å². The van der Waals surface area contributed by atoms with Crippen molar-refractivity contribution in [1.82, 2.24) is 4.90 Å². The number of Topliss-reactive ketones (excluding diaryl/α,β-unsaturated/α-hetero) is 1. The number of aryl methyl sites for hydroxylation is 2. The van der Waals surface area contributed by atoms with Crippen molar-refractivity contribution in [2.45, 2.75) is 39.2 Å². The van der Waals surface area contributed by atoms with Gasteiger partial charge in [0.15, 0.2) is 0 Å². The summed E-state index contributed by atoms with van der Waals surface area (Å²) in [6.45, 7) is 8.08. The minimum atomic E-state index is 0. The molecule has 0 aromatic heterocycles. The lowest BCUT2D eigenvalue weighted by Gasteiger charge is -2.46. The third kappa shape index (κ3) is 3.58. The zero-order valence-electron chi connectivity index (χ0n) is 13.0. The largest absolute Gasteiger partial charge is 0.366 e. The molecule has 0 radical (unpaired) electrons. The Kier molecular flexibility index (Phi) is 5.28. The third-order valence-electron chi connectivity index (χ3n) is 4.64. The average Bonchev–Trinajstić information content (AvgIpc) is 2.44. The molecule has 0 aliphatic carbocycles. The zero-order valence-corrected chi connectivity index (χ0v) is 13.8. The molecule has 3 nitrogen and oxygen atoms in total. The van der Waals surface area contributed by atoms with Crippen LogP contribution in [-0.4, -0.2) is 42.9 Å². The van der Waals surface area contributed by atoms with Gasteiger partial charge in [-0.25, -0.2) is 0 Å². The van der Waals surface area contributed by atoms with E-state index in [9.17, 15) is 4.79 Å². The summed E-state index contributed by atoms with van der Waals surface area (Å²) in [7, 11) is 0. The summed E-state index contributed by atoms with van der Waals surface area (Å²) in [6, 6.07) is 7.49. The molecule has 1 aromatic rings. The van der Waals surface area contributed by atoms with Crippen LogP contribution in [0.1, 0.15) is 30.9 Å². The van der Waals surface area contributed by atoms with Crippen molar-refractivity contribution in [3.8, 4) is 0 Å². The summed E-state index contributed by atoms with van der Waals surface area (Å²) >= 11 is 0. The van der Waals surface area contributed by atoms with E-state index in [0.29, 0.717) is 18.2 Å². The number of piperazine rings is 1. The fourth-order valence-corrected chi connectivity index (χ4v) is 3.52. The van der Waals surface area contributed by atoms with Crippen molar-refractivity contribution in [1.29, 1.82) is 0 Å². The maximum Gasteiger partial charge on any atom is 0.131 e. The Balaban J connectivity index is 0.00000161. The Bertz CT molecular complexity index is 518. The number of benzene rings is 1. The van der Waals surface area contributed by atoms with Crippen molar-refractivity contribution in [3.63, 3.8) is 0 Å². The van der Waals surface area contributed by atoms with Gasteiger partial charge >= 0.3 is 0 Å². The van der Waals surface area contributed by atoms with Gasteiger partial charge in [0.1, 0.15) is 5.78 Å². The Morgan fingerprint density at radius 2 is 2.14 bits per heavy atom. The first kappa shape index (κ1) is 16.3. The van der Waals surface area contributed by atoms with Gasteiger partial charge in [0.2, 0.25) is 0 Å². The predicted octanol–water partition coefficient (Wildman–Crippen LogP) is 2.83. The highest BCUT2D eigenvalue weighted by Crippen LogP contribution is 2.33. The van der Waals surface area contributed by atoms with Crippen LogP contribution in [0.15, 0.2) is 18.2 Å². The first-order chi connectivity index (χ1) is 9.63. The van der Waals surface area contributed by atoms with E-state index in [1.165, 1.54) is 29.7 Å². The van der Waals surface area contributed by atoms with Gasteiger partial charge < -0.3 is 4.90 Å². The van der Waals surface area contributed by atoms with E-state index < -0.39 is 0 Å². The highest BCUT2D eigenvalue weighted by Gasteiger charge is 2.31. The highest BCUT2D eigenvalue weighted by molar-refractivity contribution is 5.85. The second-order valence-electron chi connectivity index (χ2n) is 6.27. The lowest BCUT2D eigenvalue weighted by Crippen LogP contribution is -2.55. The summed E-state index contributed by atoms with van der Waals surface area (Å²) in [5.41, 5.74) is 4.32. The number of ketones is 1. The molecule has 0 N–H and O–H groups in total. The fourth-order valence-electron chi connectivity index (χ4n) is 3.52. The second-order valence-corrected chi connectivity index (χ2v) is 6.27. The van der Waals surface area contributed by atoms with Crippen molar-refractivity contribution in [2.24, 2.45) is 0 Å². The summed E-state index contributed by atoms with van der Waals surface area (Å²) < 4.78 is 0. The average molecular weight is 309 g/mol. The minimum absolute atomic E-state index is 0. The monoisotopic (exact) mass is 308 g/mol. The van der Waals surface area contributed by atoms with Crippen LogP contribution in [0.5, 0.6) is 0 Å². The SMILES string of the molecule is CC(=O)CCN1CCN2c3ccc(C)cc3CCC2C1.Cl. The van der Waals surface area contributed by atoms with Crippen LogP contribution in [0.3, 0.4) is 0 Å². The second kappa shape index (κ2) is 6.80. The molecule has 2 aliphatic heterocycles. The van der Waals surface area contributed by atoms with Crippen LogP contribution in [0.25, 0.3) is 0 Å². The molecular formula is C17H25ClN2O. The topological polar surface area (TPSA) is 23.6 Å². The van der Waals surface area contributed by atoms with Gasteiger partial charge in [-0.15, -0.1) is 12.4 Å². The molecule has 0 spiro atoms. The van der Waals surface area contributed by atoms with Crippen molar-refractivity contribution < 1.29 is 4.79 Å². The van der Waals surface area contributed by atoms with Gasteiger partial charge in [0.25, 0.3) is 0 Å². The van der Waals surface area contributed by atoms with Crippen molar-refractivity contribution in [3.05, 3.63) is 29.3 Å². The predicted molar refractivity (Wildman–Crippen MR) is 89.6 cm³/mol. The molecule has 1 atom stereocenters. The van der Waals surface area contributed by atoms with Gasteiger partial charge in [-0.1, -0.05) is 17.7 Å². The molecule has 2 aliphatic rings. The van der Waals surface area contributed by atoms with E-state index in [4.69, 9.17) is 0 Å². The number of anilines is 1. The Labute approximate surface area is 133 Å². The molecule has 4 heteroatoms. The minimum Gasteiger partial charge on any atom is -0.366 e. The van der Waals surface area contributed by atoms with E-state index >= 15 is 0 Å².